The molecular formula is C28H34N6. The number of hydrogen-bond donors (Lipinski definition) is 1. The third-order valence-corrected chi connectivity index (χ3v) is 6.34. The average molecular weight is 455 g/mol. The topological polar surface area (TPSA) is 56.7 Å². The van der Waals surface area contributed by atoms with Crippen molar-refractivity contribution in [3.8, 4) is 0 Å². The van der Waals surface area contributed by atoms with Crippen LogP contribution < -0.4 is 10.2 Å². The number of aliphatic imine (C=N–C) groups is 1. The summed E-state index contributed by atoms with van der Waals surface area (Å²) in [6.07, 6.45) is 7.43. The fraction of sp³-hybridized carbons (Fsp3) is 0.321. The van der Waals surface area contributed by atoms with Crippen molar-refractivity contribution in [2.24, 2.45) is 4.99 Å². The van der Waals surface area contributed by atoms with Gasteiger partial charge in [0.15, 0.2) is 0 Å². The normalized spacial score (nSPS) is 15.4. The maximum Gasteiger partial charge on any atom is 0.130 e. The second-order valence-corrected chi connectivity index (χ2v) is 8.97. The highest BCUT2D eigenvalue weighted by molar-refractivity contribution is 5.88. The Bertz CT molecular complexity index is 1220. The summed E-state index contributed by atoms with van der Waals surface area (Å²) in [7, 11) is 0. The Balaban J connectivity index is 1.49. The zero-order valence-electron chi connectivity index (χ0n) is 20.6. The molecule has 3 aromatic rings. The van der Waals surface area contributed by atoms with Crippen LogP contribution in [0.2, 0.25) is 0 Å². The van der Waals surface area contributed by atoms with Crippen molar-refractivity contribution in [2.45, 2.75) is 33.7 Å². The summed E-state index contributed by atoms with van der Waals surface area (Å²) in [5.41, 5.74) is 4.09. The van der Waals surface area contributed by atoms with Crippen molar-refractivity contribution in [1.82, 2.24) is 14.9 Å². The lowest BCUT2D eigenvalue weighted by molar-refractivity contribution is 0.209. The Kier molecular flexibility index (Phi) is 7.38. The Morgan fingerprint density at radius 2 is 1.82 bits per heavy atom. The molecule has 1 saturated heterocycles. The van der Waals surface area contributed by atoms with E-state index >= 15 is 0 Å². The quantitative estimate of drug-likeness (QED) is 0.465. The highest BCUT2D eigenvalue weighted by Gasteiger charge is 2.20. The zero-order chi connectivity index (χ0) is 24.1. The van der Waals surface area contributed by atoms with E-state index in [1.807, 2.05) is 31.6 Å². The molecule has 1 fully saturated rings. The van der Waals surface area contributed by atoms with Crippen LogP contribution in [-0.2, 0) is 0 Å². The lowest BCUT2D eigenvalue weighted by atomic mass is 10.0. The van der Waals surface area contributed by atoms with Crippen LogP contribution in [0.4, 0.5) is 11.6 Å². The van der Waals surface area contributed by atoms with Crippen LogP contribution >= 0.6 is 0 Å². The van der Waals surface area contributed by atoms with Crippen LogP contribution in [-0.4, -0.2) is 53.3 Å². The van der Waals surface area contributed by atoms with Crippen LogP contribution in [0.3, 0.4) is 0 Å². The predicted molar refractivity (Wildman–Crippen MR) is 145 cm³/mol. The van der Waals surface area contributed by atoms with Gasteiger partial charge in [0.25, 0.3) is 0 Å². The van der Waals surface area contributed by atoms with Crippen LogP contribution in [0, 0.1) is 0 Å². The Morgan fingerprint density at radius 3 is 2.56 bits per heavy atom. The highest BCUT2D eigenvalue weighted by Crippen LogP contribution is 2.25. The number of nitrogens with zero attached hydrogens (tertiary/aromatic N) is 5. The number of nitrogens with one attached hydrogen (secondary N) is 1. The average Bonchev–Trinajstić information content (AvgIpc) is 2.87. The van der Waals surface area contributed by atoms with E-state index in [4.69, 9.17) is 0 Å². The molecule has 3 heterocycles. The second kappa shape index (κ2) is 10.6. The smallest absolute Gasteiger partial charge is 0.130 e. The van der Waals surface area contributed by atoms with Crippen molar-refractivity contribution in [3.05, 3.63) is 72.7 Å². The van der Waals surface area contributed by atoms with Crippen LogP contribution in [0.1, 0.15) is 38.8 Å². The lowest BCUT2D eigenvalue weighted by Gasteiger charge is -2.37. The molecular weight excluding hydrogens is 420 g/mol. The molecule has 2 aromatic heterocycles. The van der Waals surface area contributed by atoms with Crippen molar-refractivity contribution < 1.29 is 0 Å². The van der Waals surface area contributed by atoms with E-state index in [0.29, 0.717) is 6.04 Å². The van der Waals surface area contributed by atoms with E-state index in [1.165, 1.54) is 0 Å². The third kappa shape index (κ3) is 5.51. The number of fused-ring (bicyclic) bond motifs is 1. The van der Waals surface area contributed by atoms with Gasteiger partial charge in [0.2, 0.25) is 0 Å². The monoisotopic (exact) mass is 454 g/mol. The van der Waals surface area contributed by atoms with E-state index in [-0.39, 0.29) is 0 Å². The van der Waals surface area contributed by atoms with E-state index < -0.39 is 0 Å². The van der Waals surface area contributed by atoms with E-state index in [0.717, 1.165) is 71.0 Å². The molecule has 1 aliphatic rings. The van der Waals surface area contributed by atoms with Gasteiger partial charge in [-0.05, 0) is 68.5 Å². The SMILES string of the molecule is C=C(Nc1cc2cc(/C(C)=C/N=CC)ccc2cn1)c1ccnc(N2CCN(C(C)C)CC2)c1. The molecule has 34 heavy (non-hydrogen) atoms. The molecule has 1 aromatic carbocycles. The molecule has 6 nitrogen and oxygen atoms in total. The summed E-state index contributed by atoms with van der Waals surface area (Å²) in [4.78, 5) is 18.3. The van der Waals surface area contributed by atoms with Gasteiger partial charge in [0.1, 0.15) is 11.6 Å². The van der Waals surface area contributed by atoms with Crippen molar-refractivity contribution in [1.29, 1.82) is 0 Å². The summed E-state index contributed by atoms with van der Waals surface area (Å²) in [5.74, 6) is 1.77. The zero-order valence-corrected chi connectivity index (χ0v) is 20.6. The molecule has 0 bridgehead atoms. The molecule has 0 amide bonds. The maximum absolute atomic E-state index is 4.62. The molecule has 6 heteroatoms. The van der Waals surface area contributed by atoms with Gasteiger partial charge in [-0.3, -0.25) is 9.89 Å². The summed E-state index contributed by atoms with van der Waals surface area (Å²) in [6.45, 7) is 16.9. The van der Waals surface area contributed by atoms with Gasteiger partial charge < -0.3 is 10.2 Å². The molecule has 0 unspecified atom stereocenters. The molecule has 1 aliphatic heterocycles. The molecule has 176 valence electrons. The molecule has 0 radical (unpaired) electrons. The largest absolute Gasteiger partial charge is 0.354 e. The Labute approximate surface area is 202 Å². The number of allylic oxidation sites excluding steroid dienone is 1. The number of benzene rings is 1. The fourth-order valence-electron chi connectivity index (χ4n) is 4.19. The second-order valence-electron chi connectivity index (χ2n) is 8.97. The molecule has 1 N–H and O–H groups in total. The number of anilines is 2. The highest BCUT2D eigenvalue weighted by atomic mass is 15.3. The predicted octanol–water partition coefficient (Wildman–Crippen LogP) is 5.69. The van der Waals surface area contributed by atoms with Gasteiger partial charge >= 0.3 is 0 Å². The summed E-state index contributed by atoms with van der Waals surface area (Å²) in [6, 6.07) is 13.1. The minimum atomic E-state index is 0.584. The first kappa shape index (κ1) is 23.6. The number of pyridine rings is 2. The Hall–Kier alpha value is -3.51. The lowest BCUT2D eigenvalue weighted by Crippen LogP contribution is -2.49. The van der Waals surface area contributed by atoms with Crippen molar-refractivity contribution in [2.75, 3.05) is 36.4 Å². The number of piperazine rings is 1. The molecule has 0 atom stereocenters. The first-order valence-corrected chi connectivity index (χ1v) is 11.9. The van der Waals surface area contributed by atoms with E-state index in [2.05, 4.69) is 87.8 Å². The standard InChI is InChI=1S/C28H34N6/c1-6-29-18-21(4)23-7-8-25-19-31-27(16-26(25)15-23)32-22(5)24-9-10-30-28(17-24)34-13-11-33(12-14-34)20(2)3/h6-10,15-20H,5,11-14H2,1-4H3,(H,31,32)/b21-18+,29-6?. The maximum atomic E-state index is 4.62. The number of aromatic nitrogens is 2. The number of rotatable bonds is 7. The van der Waals surface area contributed by atoms with Crippen LogP contribution in [0.15, 0.2) is 66.6 Å². The minimum absolute atomic E-state index is 0.584. The van der Waals surface area contributed by atoms with Crippen LogP contribution in [0.5, 0.6) is 0 Å². The molecule has 0 spiro atoms. The first-order chi connectivity index (χ1) is 16.4. The molecule has 0 saturated carbocycles. The van der Waals surface area contributed by atoms with Crippen molar-refractivity contribution in [3.63, 3.8) is 0 Å². The molecule has 0 aliphatic carbocycles. The van der Waals surface area contributed by atoms with E-state index in [1.54, 1.807) is 6.21 Å². The van der Waals surface area contributed by atoms with Gasteiger partial charge in [0.05, 0.1) is 0 Å². The Morgan fingerprint density at radius 1 is 1.03 bits per heavy atom. The molecule has 4 rings (SSSR count). The van der Waals surface area contributed by atoms with Gasteiger partial charge in [-0.1, -0.05) is 18.7 Å². The minimum Gasteiger partial charge on any atom is -0.354 e. The van der Waals surface area contributed by atoms with Gasteiger partial charge in [-0.25, -0.2) is 9.97 Å². The van der Waals surface area contributed by atoms with E-state index in [9.17, 15) is 0 Å². The number of hydrogen-bond acceptors (Lipinski definition) is 6. The van der Waals surface area contributed by atoms with Crippen molar-refractivity contribution >= 4 is 39.9 Å². The fourth-order valence-corrected chi connectivity index (χ4v) is 4.19. The van der Waals surface area contributed by atoms with Gasteiger partial charge in [-0.2, -0.15) is 0 Å². The van der Waals surface area contributed by atoms with Crippen LogP contribution in [0.25, 0.3) is 22.0 Å². The first-order valence-electron chi connectivity index (χ1n) is 11.9. The third-order valence-electron chi connectivity index (χ3n) is 6.34. The summed E-state index contributed by atoms with van der Waals surface area (Å²) < 4.78 is 0. The van der Waals surface area contributed by atoms with Gasteiger partial charge in [-0.15, -0.1) is 0 Å². The van der Waals surface area contributed by atoms with Gasteiger partial charge in [0, 0.05) is 73.7 Å². The summed E-state index contributed by atoms with van der Waals surface area (Å²) in [5, 5.41) is 5.60. The summed E-state index contributed by atoms with van der Waals surface area (Å²) >= 11 is 0.